The van der Waals surface area contributed by atoms with E-state index in [-0.39, 0.29) is 0 Å². The van der Waals surface area contributed by atoms with E-state index in [1.165, 1.54) is 0 Å². The van der Waals surface area contributed by atoms with Crippen LogP contribution in [0.5, 0.6) is 0 Å². The molecule has 6 heteroatoms. The fourth-order valence-electron chi connectivity index (χ4n) is 2.16. The largest absolute Gasteiger partial charge is 0.370 e. The maximum atomic E-state index is 6.31. The Bertz CT molecular complexity index is 814. The number of thiophene rings is 1. The van der Waals surface area contributed by atoms with Crippen molar-refractivity contribution in [1.29, 1.82) is 0 Å². The molecule has 0 saturated carbocycles. The van der Waals surface area contributed by atoms with Crippen LogP contribution in [0.25, 0.3) is 21.6 Å². The van der Waals surface area contributed by atoms with Crippen LogP contribution in [0.3, 0.4) is 0 Å². The van der Waals surface area contributed by atoms with E-state index in [2.05, 4.69) is 28.3 Å². The lowest BCUT2D eigenvalue weighted by Crippen LogP contribution is -2.03. The first-order valence-electron chi connectivity index (χ1n) is 6.55. The Morgan fingerprint density at radius 3 is 2.71 bits per heavy atom. The van der Waals surface area contributed by atoms with Gasteiger partial charge in [-0.1, -0.05) is 23.2 Å². The molecule has 0 amide bonds. The van der Waals surface area contributed by atoms with Gasteiger partial charge >= 0.3 is 0 Å². The third kappa shape index (κ3) is 2.71. The molecule has 0 atom stereocenters. The first-order valence-corrected chi connectivity index (χ1v) is 8.19. The number of aromatic nitrogens is 2. The van der Waals surface area contributed by atoms with Crippen LogP contribution in [0.15, 0.2) is 23.6 Å². The Kier molecular flexibility index (Phi) is 4.02. The number of fused-ring (bicyclic) bond motifs is 1. The van der Waals surface area contributed by atoms with Crippen LogP contribution < -0.4 is 5.32 Å². The molecular formula is C15H13Cl2N3S. The van der Waals surface area contributed by atoms with Crippen molar-refractivity contribution in [2.75, 3.05) is 11.9 Å². The summed E-state index contributed by atoms with van der Waals surface area (Å²) < 4.78 is 0. The molecule has 1 aromatic carbocycles. The van der Waals surface area contributed by atoms with E-state index in [0.29, 0.717) is 15.9 Å². The van der Waals surface area contributed by atoms with Gasteiger partial charge in [-0.3, -0.25) is 0 Å². The van der Waals surface area contributed by atoms with E-state index in [1.54, 1.807) is 17.4 Å². The van der Waals surface area contributed by atoms with E-state index in [0.717, 1.165) is 33.7 Å². The molecule has 0 unspecified atom stereocenters. The Labute approximate surface area is 137 Å². The Morgan fingerprint density at radius 1 is 1.24 bits per heavy atom. The lowest BCUT2D eigenvalue weighted by atomic mass is 10.2. The van der Waals surface area contributed by atoms with Crippen molar-refractivity contribution in [2.45, 2.75) is 13.8 Å². The summed E-state index contributed by atoms with van der Waals surface area (Å²) in [5, 5.41) is 7.26. The summed E-state index contributed by atoms with van der Waals surface area (Å²) in [5.74, 6) is 1.45. The summed E-state index contributed by atoms with van der Waals surface area (Å²) >= 11 is 14.0. The highest BCUT2D eigenvalue weighted by Gasteiger charge is 2.14. The van der Waals surface area contributed by atoms with Crippen molar-refractivity contribution in [3.8, 4) is 10.7 Å². The molecule has 0 spiro atoms. The zero-order valence-electron chi connectivity index (χ0n) is 11.6. The smallest absolute Gasteiger partial charge is 0.172 e. The van der Waals surface area contributed by atoms with Gasteiger partial charge < -0.3 is 5.32 Å². The molecule has 0 aliphatic carbocycles. The summed E-state index contributed by atoms with van der Waals surface area (Å²) in [5.41, 5.74) is 1.88. The number of hydrogen-bond acceptors (Lipinski definition) is 4. The molecular weight excluding hydrogens is 325 g/mol. The Balaban J connectivity index is 2.32. The SMILES string of the molecule is CCNc1nc(-c2sccc2C)nc2c(Cl)cc(Cl)cc12. The van der Waals surface area contributed by atoms with Gasteiger partial charge in [-0.05, 0) is 43.0 Å². The fraction of sp³-hybridized carbons (Fsp3) is 0.200. The molecule has 3 rings (SSSR count). The molecule has 21 heavy (non-hydrogen) atoms. The molecule has 0 bridgehead atoms. The fourth-order valence-corrected chi connectivity index (χ4v) is 3.56. The molecule has 2 aromatic heterocycles. The summed E-state index contributed by atoms with van der Waals surface area (Å²) in [4.78, 5) is 10.3. The third-order valence-electron chi connectivity index (χ3n) is 3.13. The predicted octanol–water partition coefficient (Wildman–Crippen LogP) is 5.41. The lowest BCUT2D eigenvalue weighted by molar-refractivity contribution is 1.15. The summed E-state index contributed by atoms with van der Waals surface area (Å²) in [6.45, 7) is 4.84. The molecule has 1 N–H and O–H groups in total. The van der Waals surface area contributed by atoms with Gasteiger partial charge in [0.1, 0.15) is 5.82 Å². The molecule has 2 heterocycles. The van der Waals surface area contributed by atoms with Gasteiger partial charge in [-0.15, -0.1) is 11.3 Å². The van der Waals surface area contributed by atoms with E-state index >= 15 is 0 Å². The van der Waals surface area contributed by atoms with Gasteiger partial charge in [0.2, 0.25) is 0 Å². The molecule has 3 aromatic rings. The van der Waals surface area contributed by atoms with Crippen molar-refractivity contribution in [3.63, 3.8) is 0 Å². The van der Waals surface area contributed by atoms with Crippen molar-refractivity contribution in [1.82, 2.24) is 9.97 Å². The summed E-state index contributed by atoms with van der Waals surface area (Å²) in [7, 11) is 0. The van der Waals surface area contributed by atoms with Gasteiger partial charge in [-0.2, -0.15) is 0 Å². The average molecular weight is 338 g/mol. The second kappa shape index (κ2) is 5.79. The van der Waals surface area contributed by atoms with Crippen LogP contribution in [-0.4, -0.2) is 16.5 Å². The van der Waals surface area contributed by atoms with Gasteiger partial charge in [0.25, 0.3) is 0 Å². The minimum Gasteiger partial charge on any atom is -0.370 e. The number of rotatable bonds is 3. The van der Waals surface area contributed by atoms with Crippen LogP contribution in [0.2, 0.25) is 10.0 Å². The number of nitrogens with zero attached hydrogens (tertiary/aromatic N) is 2. The average Bonchev–Trinajstić information content (AvgIpc) is 2.86. The number of hydrogen-bond donors (Lipinski definition) is 1. The first-order chi connectivity index (χ1) is 10.1. The van der Waals surface area contributed by atoms with E-state index < -0.39 is 0 Å². The van der Waals surface area contributed by atoms with Crippen LogP contribution in [0.1, 0.15) is 12.5 Å². The van der Waals surface area contributed by atoms with Gasteiger partial charge in [0.15, 0.2) is 5.82 Å². The number of halogens is 2. The second-order valence-electron chi connectivity index (χ2n) is 4.64. The number of benzene rings is 1. The molecule has 108 valence electrons. The molecule has 0 radical (unpaired) electrons. The number of anilines is 1. The molecule has 0 fully saturated rings. The van der Waals surface area contributed by atoms with Gasteiger partial charge in [-0.25, -0.2) is 9.97 Å². The molecule has 3 nitrogen and oxygen atoms in total. The standard InChI is InChI=1S/C15H13Cl2N3S/c1-3-18-14-10-6-9(16)7-11(17)12(10)19-15(20-14)13-8(2)4-5-21-13/h4-7H,3H2,1-2H3,(H,18,19,20). The normalized spacial score (nSPS) is 11.0. The molecule has 0 aliphatic heterocycles. The Morgan fingerprint density at radius 2 is 2.05 bits per heavy atom. The minimum atomic E-state index is 0.537. The second-order valence-corrected chi connectivity index (χ2v) is 6.40. The van der Waals surface area contributed by atoms with Crippen LogP contribution in [-0.2, 0) is 0 Å². The highest BCUT2D eigenvalue weighted by molar-refractivity contribution is 7.13. The molecule has 0 aliphatic rings. The zero-order valence-corrected chi connectivity index (χ0v) is 13.9. The predicted molar refractivity (Wildman–Crippen MR) is 91.8 cm³/mol. The third-order valence-corrected chi connectivity index (χ3v) is 4.65. The van der Waals surface area contributed by atoms with Crippen LogP contribution in [0, 0.1) is 6.92 Å². The van der Waals surface area contributed by atoms with Crippen molar-refractivity contribution in [3.05, 3.63) is 39.2 Å². The highest BCUT2D eigenvalue weighted by atomic mass is 35.5. The van der Waals surface area contributed by atoms with Gasteiger partial charge in [0.05, 0.1) is 15.4 Å². The van der Waals surface area contributed by atoms with Crippen molar-refractivity contribution < 1.29 is 0 Å². The topological polar surface area (TPSA) is 37.8 Å². The summed E-state index contributed by atoms with van der Waals surface area (Å²) in [6, 6.07) is 5.61. The van der Waals surface area contributed by atoms with Gasteiger partial charge in [0, 0.05) is 17.0 Å². The monoisotopic (exact) mass is 337 g/mol. The van der Waals surface area contributed by atoms with Crippen LogP contribution in [0.4, 0.5) is 5.82 Å². The summed E-state index contributed by atoms with van der Waals surface area (Å²) in [6.07, 6.45) is 0. The lowest BCUT2D eigenvalue weighted by Gasteiger charge is -2.10. The molecule has 0 saturated heterocycles. The highest BCUT2D eigenvalue weighted by Crippen LogP contribution is 2.34. The number of nitrogens with one attached hydrogen (secondary N) is 1. The zero-order chi connectivity index (χ0) is 15.0. The van der Waals surface area contributed by atoms with Crippen LogP contribution >= 0.6 is 34.5 Å². The van der Waals surface area contributed by atoms with E-state index in [1.807, 2.05) is 18.4 Å². The van der Waals surface area contributed by atoms with Crippen molar-refractivity contribution in [2.24, 2.45) is 0 Å². The van der Waals surface area contributed by atoms with E-state index in [9.17, 15) is 0 Å². The minimum absolute atomic E-state index is 0.537. The van der Waals surface area contributed by atoms with Crippen molar-refractivity contribution >= 4 is 51.3 Å². The maximum Gasteiger partial charge on any atom is 0.172 e. The maximum absolute atomic E-state index is 6.31. The van der Waals surface area contributed by atoms with E-state index in [4.69, 9.17) is 23.2 Å². The first kappa shape index (κ1) is 14.6. The number of aryl methyl sites for hydroxylation is 1. The quantitative estimate of drug-likeness (QED) is 0.694. The Hall–Kier alpha value is -1.36.